The number of anilines is 1. The summed E-state index contributed by atoms with van der Waals surface area (Å²) < 4.78 is 4.95. The van der Waals surface area contributed by atoms with E-state index in [2.05, 4.69) is 64.4 Å². The zero-order chi connectivity index (χ0) is 24.2. The molecule has 2 aliphatic rings. The van der Waals surface area contributed by atoms with Crippen LogP contribution in [-0.4, -0.2) is 61.9 Å². The number of aromatic amines is 1. The predicted octanol–water partition coefficient (Wildman–Crippen LogP) is 6.08. The third-order valence-corrected chi connectivity index (χ3v) is 9.65. The fourth-order valence-corrected chi connectivity index (χ4v) is 6.71. The van der Waals surface area contributed by atoms with Gasteiger partial charge in [0.15, 0.2) is 0 Å². The summed E-state index contributed by atoms with van der Waals surface area (Å²) in [6.07, 6.45) is 10.5. The second kappa shape index (κ2) is 10.9. The standard InChI is InChI=1S/C20H25N5S.C6H16OSi/c1-14-12-26-19(24-14)15-11-22-18-17(15)16(5-9-21-18)25-10-4-7-20(13-25)6-2-3-8-23-20;1-7-5-6-8(2,3)4/h5,9,11-12,23H,2-4,6-8,10,13H2,1H3,(H,21,22);5-6H2,1-4H3. The molecule has 186 valence electrons. The molecule has 5 rings (SSSR count). The molecule has 0 aromatic carbocycles. The van der Waals surface area contributed by atoms with Crippen molar-refractivity contribution in [2.45, 2.75) is 70.3 Å². The molecule has 0 radical (unpaired) electrons. The lowest BCUT2D eigenvalue weighted by atomic mass is 9.81. The number of pyridine rings is 1. The minimum atomic E-state index is -0.803. The van der Waals surface area contributed by atoms with E-state index in [1.54, 1.807) is 18.4 Å². The highest BCUT2D eigenvalue weighted by molar-refractivity contribution is 7.13. The van der Waals surface area contributed by atoms with Gasteiger partial charge in [0.25, 0.3) is 0 Å². The van der Waals surface area contributed by atoms with Crippen LogP contribution in [0.2, 0.25) is 25.7 Å². The van der Waals surface area contributed by atoms with E-state index in [9.17, 15) is 0 Å². The topological polar surface area (TPSA) is 66.1 Å². The van der Waals surface area contributed by atoms with Gasteiger partial charge in [-0.25, -0.2) is 9.97 Å². The first-order chi connectivity index (χ1) is 16.3. The molecule has 2 N–H and O–H groups in total. The van der Waals surface area contributed by atoms with Gasteiger partial charge in [-0.1, -0.05) is 26.1 Å². The minimum Gasteiger partial charge on any atom is -0.385 e. The lowest BCUT2D eigenvalue weighted by Gasteiger charge is -2.47. The van der Waals surface area contributed by atoms with Crippen LogP contribution in [-0.2, 0) is 4.74 Å². The van der Waals surface area contributed by atoms with Crippen LogP contribution in [0.4, 0.5) is 5.69 Å². The lowest BCUT2D eigenvalue weighted by molar-refractivity contribution is 0.214. The number of piperidine rings is 2. The molecule has 1 atom stereocenters. The summed E-state index contributed by atoms with van der Waals surface area (Å²) in [4.78, 5) is 15.2. The summed E-state index contributed by atoms with van der Waals surface area (Å²) in [6.45, 7) is 13.4. The van der Waals surface area contributed by atoms with Crippen LogP contribution in [0.15, 0.2) is 23.8 Å². The maximum atomic E-state index is 4.95. The molecule has 0 bridgehead atoms. The molecule has 6 nitrogen and oxygen atoms in total. The van der Waals surface area contributed by atoms with E-state index < -0.39 is 8.07 Å². The number of aryl methyl sites for hydroxylation is 1. The Morgan fingerprint density at radius 3 is 2.68 bits per heavy atom. The number of rotatable bonds is 5. The summed E-state index contributed by atoms with van der Waals surface area (Å²) in [7, 11) is 0.961. The van der Waals surface area contributed by atoms with Crippen LogP contribution < -0.4 is 10.2 Å². The Balaban J connectivity index is 0.000000297. The zero-order valence-corrected chi connectivity index (χ0v) is 23.4. The largest absolute Gasteiger partial charge is 0.385 e. The molecule has 2 fully saturated rings. The molecule has 3 aromatic heterocycles. The van der Waals surface area contributed by atoms with Gasteiger partial charge in [-0.2, -0.15) is 0 Å². The highest BCUT2D eigenvalue weighted by atomic mass is 32.1. The summed E-state index contributed by atoms with van der Waals surface area (Å²) >= 11 is 1.71. The molecule has 0 saturated carbocycles. The van der Waals surface area contributed by atoms with Crippen LogP contribution in [0.25, 0.3) is 21.6 Å². The van der Waals surface area contributed by atoms with Crippen molar-refractivity contribution >= 4 is 36.1 Å². The molecule has 5 heterocycles. The van der Waals surface area contributed by atoms with Crippen molar-refractivity contribution in [3.63, 3.8) is 0 Å². The Morgan fingerprint density at radius 2 is 2.03 bits per heavy atom. The average Bonchev–Trinajstić information content (AvgIpc) is 3.44. The van der Waals surface area contributed by atoms with Crippen LogP contribution in [0.1, 0.15) is 37.8 Å². The number of ether oxygens (including phenoxy) is 1. The Hall–Kier alpha value is -1.74. The maximum absolute atomic E-state index is 4.95. The zero-order valence-electron chi connectivity index (χ0n) is 21.5. The molecule has 0 aliphatic carbocycles. The summed E-state index contributed by atoms with van der Waals surface area (Å²) in [5.41, 5.74) is 4.80. The quantitative estimate of drug-likeness (QED) is 0.417. The Bertz CT molecular complexity index is 1060. The third-order valence-electron chi connectivity index (χ3n) is 6.96. The number of hydrogen-bond acceptors (Lipinski definition) is 6. The molecule has 0 amide bonds. The summed E-state index contributed by atoms with van der Waals surface area (Å²) in [5, 5.41) is 8.26. The summed E-state index contributed by atoms with van der Waals surface area (Å²) in [6, 6.07) is 3.46. The first kappa shape index (κ1) is 25.4. The highest BCUT2D eigenvalue weighted by Gasteiger charge is 2.37. The van der Waals surface area contributed by atoms with Crippen LogP contribution in [0.3, 0.4) is 0 Å². The van der Waals surface area contributed by atoms with Crippen molar-refractivity contribution in [3.8, 4) is 10.6 Å². The molecule has 2 aliphatic heterocycles. The Morgan fingerprint density at radius 1 is 1.21 bits per heavy atom. The van der Waals surface area contributed by atoms with Gasteiger partial charge in [-0.15, -0.1) is 11.3 Å². The van der Waals surface area contributed by atoms with Gasteiger partial charge in [-0.05, 0) is 51.3 Å². The van der Waals surface area contributed by atoms with E-state index in [4.69, 9.17) is 9.72 Å². The van der Waals surface area contributed by atoms with Gasteiger partial charge in [0, 0.05) is 69.5 Å². The van der Waals surface area contributed by atoms with Crippen molar-refractivity contribution in [1.29, 1.82) is 0 Å². The molecule has 34 heavy (non-hydrogen) atoms. The Kier molecular flexibility index (Phi) is 8.12. The number of hydrogen-bond donors (Lipinski definition) is 2. The van der Waals surface area contributed by atoms with E-state index in [-0.39, 0.29) is 0 Å². The number of methoxy groups -OCH3 is 1. The third kappa shape index (κ3) is 6.08. The lowest BCUT2D eigenvalue weighted by Crippen LogP contribution is -2.59. The number of thiazole rings is 1. The monoisotopic (exact) mass is 499 g/mol. The summed E-state index contributed by atoms with van der Waals surface area (Å²) in [5.74, 6) is 0. The molecular weight excluding hydrogens is 458 g/mol. The van der Waals surface area contributed by atoms with Gasteiger partial charge in [0.1, 0.15) is 10.7 Å². The predicted molar refractivity (Wildman–Crippen MR) is 148 cm³/mol. The van der Waals surface area contributed by atoms with Crippen molar-refractivity contribution in [3.05, 3.63) is 29.5 Å². The number of nitrogens with zero attached hydrogens (tertiary/aromatic N) is 3. The van der Waals surface area contributed by atoms with Crippen molar-refractivity contribution < 1.29 is 4.74 Å². The second-order valence-electron chi connectivity index (χ2n) is 11.0. The minimum absolute atomic E-state index is 0.292. The average molecular weight is 500 g/mol. The van der Waals surface area contributed by atoms with Gasteiger partial charge in [-0.3, -0.25) is 0 Å². The van der Waals surface area contributed by atoms with Gasteiger partial charge in [0.2, 0.25) is 0 Å². The van der Waals surface area contributed by atoms with Crippen molar-refractivity contribution in [2.75, 3.05) is 38.3 Å². The molecule has 2 saturated heterocycles. The van der Waals surface area contributed by atoms with E-state index in [1.165, 1.54) is 54.8 Å². The van der Waals surface area contributed by atoms with E-state index in [0.29, 0.717) is 5.54 Å². The van der Waals surface area contributed by atoms with E-state index >= 15 is 0 Å². The first-order valence-corrected chi connectivity index (χ1v) is 17.3. The number of fused-ring (bicyclic) bond motifs is 1. The van der Waals surface area contributed by atoms with E-state index in [0.717, 1.165) is 42.6 Å². The highest BCUT2D eigenvalue weighted by Crippen LogP contribution is 2.39. The fourth-order valence-electron chi connectivity index (χ4n) is 5.07. The molecule has 1 unspecified atom stereocenters. The van der Waals surface area contributed by atoms with Gasteiger partial charge >= 0.3 is 0 Å². The smallest absolute Gasteiger partial charge is 0.140 e. The number of nitrogens with one attached hydrogen (secondary N) is 2. The Labute approximate surface area is 209 Å². The van der Waals surface area contributed by atoms with Crippen molar-refractivity contribution in [1.82, 2.24) is 20.3 Å². The van der Waals surface area contributed by atoms with Crippen LogP contribution in [0.5, 0.6) is 0 Å². The van der Waals surface area contributed by atoms with Crippen LogP contribution in [0, 0.1) is 6.92 Å². The maximum Gasteiger partial charge on any atom is 0.140 e. The van der Waals surface area contributed by atoms with Gasteiger partial charge in [0.05, 0.1) is 11.1 Å². The van der Waals surface area contributed by atoms with Crippen molar-refractivity contribution in [2.24, 2.45) is 0 Å². The molecule has 1 spiro atoms. The molecular formula is C26H41N5OSSi. The molecule has 8 heteroatoms. The number of H-pyrrole nitrogens is 1. The van der Waals surface area contributed by atoms with E-state index in [1.807, 2.05) is 6.20 Å². The van der Waals surface area contributed by atoms with Gasteiger partial charge < -0.3 is 19.9 Å². The SMILES string of the molecule is COCC[Si](C)(C)C.Cc1csc(-c2c[nH]c3nccc(N4CCCC5(CCCCN5)C4)c23)n1. The van der Waals surface area contributed by atoms with Crippen LogP contribution >= 0.6 is 11.3 Å². The normalized spacial score (nSPS) is 21.0. The first-order valence-electron chi connectivity index (χ1n) is 12.7. The molecule has 3 aromatic rings. The fraction of sp³-hybridized carbons (Fsp3) is 0.615. The number of aromatic nitrogens is 3. The second-order valence-corrected chi connectivity index (χ2v) is 17.5.